The van der Waals surface area contributed by atoms with Gasteiger partial charge in [0.2, 0.25) is 0 Å². The van der Waals surface area contributed by atoms with Gasteiger partial charge in [0.1, 0.15) is 5.54 Å². The number of carbonyl (C=O) groups is 1. The fourth-order valence-electron chi connectivity index (χ4n) is 1.82. The van der Waals surface area contributed by atoms with E-state index in [1.54, 1.807) is 0 Å². The van der Waals surface area contributed by atoms with Gasteiger partial charge in [0.15, 0.2) is 0 Å². The van der Waals surface area contributed by atoms with E-state index in [1.807, 2.05) is 0 Å². The molecule has 0 saturated heterocycles. The van der Waals surface area contributed by atoms with E-state index in [1.165, 1.54) is 12.8 Å². The molecule has 0 spiro atoms. The highest BCUT2D eigenvalue weighted by Crippen LogP contribution is 2.38. The molecular formula is C12H23NO3. The maximum Gasteiger partial charge on any atom is 0.326 e. The van der Waals surface area contributed by atoms with Crippen LogP contribution < -0.4 is 5.73 Å². The maximum atomic E-state index is 11.1. The van der Waals surface area contributed by atoms with Gasteiger partial charge in [-0.3, -0.25) is 4.79 Å². The van der Waals surface area contributed by atoms with Gasteiger partial charge in [0.05, 0.1) is 6.61 Å². The van der Waals surface area contributed by atoms with Crippen LogP contribution in [0.3, 0.4) is 0 Å². The zero-order chi connectivity index (χ0) is 12.0. The summed E-state index contributed by atoms with van der Waals surface area (Å²) < 4.78 is 5.40. The number of nitrogens with two attached hydrogens (primary N) is 1. The van der Waals surface area contributed by atoms with Crippen LogP contribution in [0.15, 0.2) is 0 Å². The molecule has 0 heterocycles. The largest absolute Gasteiger partial charge is 0.480 e. The summed E-state index contributed by atoms with van der Waals surface area (Å²) in [6, 6.07) is 0. The fourth-order valence-corrected chi connectivity index (χ4v) is 1.82. The predicted octanol–water partition coefficient (Wildman–Crippen LogP) is 1.78. The molecule has 1 saturated carbocycles. The summed E-state index contributed by atoms with van der Waals surface area (Å²) in [5.74, 6) is -0.816. The van der Waals surface area contributed by atoms with Gasteiger partial charge in [0, 0.05) is 6.61 Å². The third-order valence-corrected chi connectivity index (χ3v) is 3.19. The van der Waals surface area contributed by atoms with Crippen molar-refractivity contribution in [2.45, 2.75) is 51.0 Å². The minimum atomic E-state index is -1.15. The van der Waals surface area contributed by atoms with E-state index in [0.717, 1.165) is 25.7 Å². The van der Waals surface area contributed by atoms with Gasteiger partial charge in [-0.2, -0.15) is 0 Å². The maximum absolute atomic E-state index is 11.1. The molecule has 94 valence electrons. The standard InChI is InChI=1S/C12H23NO3/c1-2-3-4-5-8-16-9-12(13,11(14)15)10-6-7-10/h10H,2-9,13H2,1H3,(H,14,15). The van der Waals surface area contributed by atoms with Crippen molar-refractivity contribution >= 4 is 5.97 Å². The van der Waals surface area contributed by atoms with E-state index >= 15 is 0 Å². The lowest BCUT2D eigenvalue weighted by Gasteiger charge is -2.24. The van der Waals surface area contributed by atoms with Crippen molar-refractivity contribution in [2.24, 2.45) is 11.7 Å². The SMILES string of the molecule is CCCCCCOCC(N)(C(=O)O)C1CC1. The van der Waals surface area contributed by atoms with Crippen LogP contribution in [-0.4, -0.2) is 29.8 Å². The minimum absolute atomic E-state index is 0.112. The quantitative estimate of drug-likeness (QED) is 0.591. The van der Waals surface area contributed by atoms with Crippen molar-refractivity contribution in [3.05, 3.63) is 0 Å². The summed E-state index contributed by atoms with van der Waals surface area (Å²) in [6.45, 7) is 2.93. The number of rotatable bonds is 9. The van der Waals surface area contributed by atoms with Gasteiger partial charge in [0.25, 0.3) is 0 Å². The second-order valence-electron chi connectivity index (χ2n) is 4.73. The zero-order valence-corrected chi connectivity index (χ0v) is 10.1. The lowest BCUT2D eigenvalue weighted by atomic mass is 9.96. The highest BCUT2D eigenvalue weighted by Gasteiger charge is 2.48. The topological polar surface area (TPSA) is 72.5 Å². The Bertz CT molecular complexity index is 228. The van der Waals surface area contributed by atoms with Crippen LogP contribution in [0.2, 0.25) is 0 Å². The molecule has 0 aliphatic heterocycles. The lowest BCUT2D eigenvalue weighted by Crippen LogP contribution is -2.54. The Balaban J connectivity index is 2.16. The van der Waals surface area contributed by atoms with Crippen molar-refractivity contribution < 1.29 is 14.6 Å². The number of hydrogen-bond donors (Lipinski definition) is 2. The molecule has 3 N–H and O–H groups in total. The Morgan fingerprint density at radius 2 is 2.12 bits per heavy atom. The zero-order valence-electron chi connectivity index (χ0n) is 10.1. The van der Waals surface area contributed by atoms with Crippen LogP contribution in [-0.2, 0) is 9.53 Å². The fraction of sp³-hybridized carbons (Fsp3) is 0.917. The molecule has 0 amide bonds. The van der Waals surface area contributed by atoms with E-state index in [2.05, 4.69) is 6.92 Å². The summed E-state index contributed by atoms with van der Waals surface area (Å²) >= 11 is 0. The molecule has 1 fully saturated rings. The smallest absolute Gasteiger partial charge is 0.326 e. The number of carboxylic acids is 1. The molecule has 0 aromatic carbocycles. The molecule has 4 nitrogen and oxygen atoms in total. The van der Waals surface area contributed by atoms with Crippen molar-refractivity contribution in [2.75, 3.05) is 13.2 Å². The van der Waals surface area contributed by atoms with Crippen molar-refractivity contribution in [1.82, 2.24) is 0 Å². The lowest BCUT2D eigenvalue weighted by molar-refractivity contribution is -0.147. The molecule has 1 atom stereocenters. The number of carboxylic acid groups (broad SMARTS) is 1. The molecule has 0 radical (unpaired) electrons. The summed E-state index contributed by atoms with van der Waals surface area (Å²) in [6.07, 6.45) is 6.37. The Kier molecular flexibility index (Phi) is 5.22. The second-order valence-corrected chi connectivity index (χ2v) is 4.73. The summed E-state index contributed by atoms with van der Waals surface area (Å²) in [5, 5.41) is 9.08. The average Bonchev–Trinajstić information content (AvgIpc) is 3.06. The van der Waals surface area contributed by atoms with Gasteiger partial charge >= 0.3 is 5.97 Å². The molecule has 0 aromatic rings. The number of aliphatic carboxylic acids is 1. The van der Waals surface area contributed by atoms with Gasteiger partial charge in [-0.15, -0.1) is 0 Å². The Labute approximate surface area is 97.2 Å². The summed E-state index contributed by atoms with van der Waals surface area (Å²) in [5.41, 5.74) is 4.71. The summed E-state index contributed by atoms with van der Waals surface area (Å²) in [4.78, 5) is 11.1. The second kappa shape index (κ2) is 6.21. The first kappa shape index (κ1) is 13.5. The molecule has 1 unspecified atom stereocenters. The highest BCUT2D eigenvalue weighted by molar-refractivity contribution is 5.79. The van der Waals surface area contributed by atoms with Gasteiger partial charge in [-0.1, -0.05) is 26.2 Å². The van der Waals surface area contributed by atoms with Gasteiger partial charge in [-0.05, 0) is 25.2 Å². The number of ether oxygens (including phenoxy) is 1. The molecule has 1 rings (SSSR count). The molecule has 4 heteroatoms. The first-order valence-corrected chi connectivity index (χ1v) is 6.21. The molecule has 0 aromatic heterocycles. The van der Waals surface area contributed by atoms with E-state index in [-0.39, 0.29) is 12.5 Å². The van der Waals surface area contributed by atoms with Crippen LogP contribution in [0.4, 0.5) is 0 Å². The van der Waals surface area contributed by atoms with Gasteiger partial charge < -0.3 is 15.6 Å². The third kappa shape index (κ3) is 3.76. The molecule has 0 bridgehead atoms. The van der Waals surface area contributed by atoms with Crippen LogP contribution in [0.1, 0.15) is 45.4 Å². The van der Waals surface area contributed by atoms with Crippen molar-refractivity contribution in [1.29, 1.82) is 0 Å². The van der Waals surface area contributed by atoms with E-state index in [9.17, 15) is 4.79 Å². The molecule has 16 heavy (non-hydrogen) atoms. The third-order valence-electron chi connectivity index (χ3n) is 3.19. The number of unbranched alkanes of at least 4 members (excludes halogenated alkanes) is 3. The van der Waals surface area contributed by atoms with E-state index in [4.69, 9.17) is 15.6 Å². The van der Waals surface area contributed by atoms with Crippen LogP contribution in [0, 0.1) is 5.92 Å². The van der Waals surface area contributed by atoms with Crippen LogP contribution >= 0.6 is 0 Å². The monoisotopic (exact) mass is 229 g/mol. The normalized spacial score (nSPS) is 19.4. The Morgan fingerprint density at radius 3 is 2.62 bits per heavy atom. The predicted molar refractivity (Wildman–Crippen MR) is 62.2 cm³/mol. The Hall–Kier alpha value is -0.610. The first-order valence-electron chi connectivity index (χ1n) is 6.21. The molecule has 1 aliphatic rings. The van der Waals surface area contributed by atoms with Crippen LogP contribution in [0.25, 0.3) is 0 Å². The molecular weight excluding hydrogens is 206 g/mol. The van der Waals surface area contributed by atoms with Crippen molar-refractivity contribution in [3.8, 4) is 0 Å². The summed E-state index contributed by atoms with van der Waals surface area (Å²) in [7, 11) is 0. The Morgan fingerprint density at radius 1 is 1.44 bits per heavy atom. The van der Waals surface area contributed by atoms with Crippen LogP contribution in [0.5, 0.6) is 0 Å². The van der Waals surface area contributed by atoms with E-state index in [0.29, 0.717) is 6.61 Å². The first-order chi connectivity index (χ1) is 7.61. The van der Waals surface area contributed by atoms with Crippen molar-refractivity contribution in [3.63, 3.8) is 0 Å². The molecule has 1 aliphatic carbocycles. The van der Waals surface area contributed by atoms with Gasteiger partial charge in [-0.25, -0.2) is 0 Å². The average molecular weight is 229 g/mol. The van der Waals surface area contributed by atoms with E-state index < -0.39 is 11.5 Å². The number of hydrogen-bond acceptors (Lipinski definition) is 3. The minimum Gasteiger partial charge on any atom is -0.480 e. The highest BCUT2D eigenvalue weighted by atomic mass is 16.5.